The summed E-state index contributed by atoms with van der Waals surface area (Å²) < 4.78 is 0. The summed E-state index contributed by atoms with van der Waals surface area (Å²) in [6, 6.07) is 2.24. The van der Waals surface area contributed by atoms with Crippen molar-refractivity contribution in [3.05, 3.63) is 12.1 Å². The highest BCUT2D eigenvalue weighted by molar-refractivity contribution is 5.67. The molecule has 1 aromatic heterocycles. The van der Waals surface area contributed by atoms with Crippen molar-refractivity contribution < 1.29 is 25.2 Å². The van der Waals surface area contributed by atoms with E-state index in [9.17, 15) is 15.0 Å². The van der Waals surface area contributed by atoms with E-state index in [-0.39, 0.29) is 11.4 Å². The smallest absolute Gasteiger partial charge is 0.327 e. The first-order chi connectivity index (χ1) is 8.47. The first-order valence-electron chi connectivity index (χ1n) is 4.72. The first-order valence-corrected chi connectivity index (χ1v) is 4.72. The van der Waals surface area contributed by atoms with Gasteiger partial charge in [-0.25, -0.2) is 0 Å². The molecule has 0 amide bonds. The third-order valence-corrected chi connectivity index (χ3v) is 2.06. The molecule has 9 nitrogen and oxygen atoms in total. The van der Waals surface area contributed by atoms with Gasteiger partial charge in [0, 0.05) is 5.56 Å². The Labute approximate surface area is 99.5 Å². The normalized spacial score (nSPS) is 10.4. The van der Waals surface area contributed by atoms with Crippen LogP contribution in [-0.4, -0.2) is 46.6 Å². The molecule has 2 rings (SSSR count). The number of benzene rings is 1. The highest BCUT2D eigenvalue weighted by atomic mass is 16.4. The second kappa shape index (κ2) is 4.20. The van der Waals surface area contributed by atoms with Crippen molar-refractivity contribution in [2.24, 2.45) is 0 Å². The number of tetrazole rings is 1. The van der Waals surface area contributed by atoms with Crippen molar-refractivity contribution in [3.8, 4) is 28.6 Å². The molecular weight excluding hydrogens is 244 g/mol. The molecule has 0 spiro atoms. The number of hydrogen-bond acceptors (Lipinski definition) is 7. The Morgan fingerprint density at radius 2 is 1.83 bits per heavy atom. The van der Waals surface area contributed by atoms with Crippen molar-refractivity contribution >= 4 is 5.97 Å². The quantitative estimate of drug-likeness (QED) is 0.537. The maximum atomic E-state index is 10.4. The molecule has 0 aliphatic heterocycles. The molecule has 0 fully saturated rings. The molecule has 4 N–H and O–H groups in total. The molecule has 0 saturated carbocycles. The number of phenolic OH excluding ortho intramolecular Hbond substituents is 3. The summed E-state index contributed by atoms with van der Waals surface area (Å²) in [4.78, 5) is 11.3. The number of hydrogen-bond donors (Lipinski definition) is 4. The van der Waals surface area contributed by atoms with Crippen molar-refractivity contribution in [1.29, 1.82) is 0 Å². The van der Waals surface area contributed by atoms with Crippen molar-refractivity contribution in [2.45, 2.75) is 6.54 Å². The van der Waals surface area contributed by atoms with E-state index in [1.54, 1.807) is 0 Å². The number of nitrogens with zero attached hydrogens (tertiary/aromatic N) is 4. The van der Waals surface area contributed by atoms with Crippen LogP contribution in [0.25, 0.3) is 11.4 Å². The van der Waals surface area contributed by atoms with E-state index >= 15 is 0 Å². The summed E-state index contributed by atoms with van der Waals surface area (Å²) in [5.41, 5.74) is 0.194. The van der Waals surface area contributed by atoms with Crippen LogP contribution in [0, 0.1) is 0 Å². The van der Waals surface area contributed by atoms with Gasteiger partial charge >= 0.3 is 5.97 Å². The minimum atomic E-state index is -1.13. The van der Waals surface area contributed by atoms with Gasteiger partial charge in [-0.15, -0.1) is 10.2 Å². The number of aromatic nitrogens is 4. The van der Waals surface area contributed by atoms with E-state index in [4.69, 9.17) is 10.2 Å². The Kier molecular flexibility index (Phi) is 2.72. The van der Waals surface area contributed by atoms with Crippen LogP contribution < -0.4 is 0 Å². The van der Waals surface area contributed by atoms with Crippen LogP contribution in [0.15, 0.2) is 12.1 Å². The van der Waals surface area contributed by atoms with E-state index in [1.165, 1.54) is 0 Å². The summed E-state index contributed by atoms with van der Waals surface area (Å²) in [5, 5.41) is 47.1. The molecule has 0 aliphatic rings. The van der Waals surface area contributed by atoms with Gasteiger partial charge in [-0.3, -0.25) is 4.79 Å². The number of aromatic hydroxyl groups is 3. The maximum Gasteiger partial charge on any atom is 0.327 e. The van der Waals surface area contributed by atoms with Crippen LogP contribution in [0.4, 0.5) is 0 Å². The lowest BCUT2D eigenvalue weighted by molar-refractivity contribution is -0.138. The van der Waals surface area contributed by atoms with Crippen LogP contribution in [0.2, 0.25) is 0 Å². The maximum absolute atomic E-state index is 10.4. The topological polar surface area (TPSA) is 142 Å². The zero-order chi connectivity index (χ0) is 13.3. The summed E-state index contributed by atoms with van der Waals surface area (Å²) >= 11 is 0. The largest absolute Gasteiger partial charge is 0.504 e. The molecule has 1 aromatic carbocycles. The third kappa shape index (κ3) is 2.14. The van der Waals surface area contributed by atoms with Gasteiger partial charge < -0.3 is 20.4 Å². The van der Waals surface area contributed by atoms with Crippen molar-refractivity contribution in [2.75, 3.05) is 0 Å². The molecule has 94 valence electrons. The average Bonchev–Trinajstić information content (AvgIpc) is 2.72. The molecule has 0 aliphatic carbocycles. The highest BCUT2D eigenvalue weighted by Crippen LogP contribution is 2.37. The monoisotopic (exact) mass is 252 g/mol. The predicted octanol–water partition coefficient (Wildman–Crippen LogP) is -0.459. The molecule has 2 aromatic rings. The van der Waals surface area contributed by atoms with Gasteiger partial charge in [0.05, 0.1) is 0 Å². The number of rotatable bonds is 3. The fourth-order valence-electron chi connectivity index (χ4n) is 1.28. The molecule has 18 heavy (non-hydrogen) atoms. The van der Waals surface area contributed by atoms with Crippen LogP contribution in [-0.2, 0) is 11.3 Å². The van der Waals surface area contributed by atoms with Gasteiger partial charge in [0.25, 0.3) is 0 Å². The van der Waals surface area contributed by atoms with E-state index in [1.807, 2.05) is 0 Å². The average molecular weight is 252 g/mol. The van der Waals surface area contributed by atoms with E-state index in [2.05, 4.69) is 15.4 Å². The third-order valence-electron chi connectivity index (χ3n) is 2.06. The van der Waals surface area contributed by atoms with Gasteiger partial charge in [-0.2, -0.15) is 4.80 Å². The van der Waals surface area contributed by atoms with Crippen LogP contribution in [0.1, 0.15) is 0 Å². The minimum Gasteiger partial charge on any atom is -0.504 e. The number of carboxylic acid groups (broad SMARTS) is 1. The number of carbonyl (C=O) groups is 1. The Hall–Kier alpha value is -2.84. The molecule has 1 heterocycles. The summed E-state index contributed by atoms with van der Waals surface area (Å²) in [6.07, 6.45) is 0. The van der Waals surface area contributed by atoms with Crippen LogP contribution in [0.5, 0.6) is 17.2 Å². The van der Waals surface area contributed by atoms with Crippen LogP contribution >= 0.6 is 0 Å². The second-order valence-corrected chi connectivity index (χ2v) is 3.40. The Morgan fingerprint density at radius 1 is 1.22 bits per heavy atom. The molecule has 0 radical (unpaired) electrons. The lowest BCUT2D eigenvalue weighted by Crippen LogP contribution is -2.11. The number of phenols is 3. The first kappa shape index (κ1) is 11.6. The van der Waals surface area contributed by atoms with Gasteiger partial charge in [0.1, 0.15) is 0 Å². The second-order valence-electron chi connectivity index (χ2n) is 3.40. The fourth-order valence-corrected chi connectivity index (χ4v) is 1.28. The van der Waals surface area contributed by atoms with E-state index in [0.717, 1.165) is 16.9 Å². The van der Waals surface area contributed by atoms with Crippen LogP contribution in [0.3, 0.4) is 0 Å². The fraction of sp³-hybridized carbons (Fsp3) is 0.111. The van der Waals surface area contributed by atoms with Gasteiger partial charge in [0.15, 0.2) is 23.8 Å². The molecule has 0 bridgehead atoms. The minimum absolute atomic E-state index is 0.0156. The molecule has 0 saturated heterocycles. The zero-order valence-electron chi connectivity index (χ0n) is 8.85. The lowest BCUT2D eigenvalue weighted by atomic mass is 10.2. The molecule has 0 atom stereocenters. The number of aliphatic carboxylic acids is 1. The Balaban J connectivity index is 2.37. The Morgan fingerprint density at radius 3 is 2.39 bits per heavy atom. The summed E-state index contributed by atoms with van der Waals surface area (Å²) in [5.74, 6) is -2.85. The summed E-state index contributed by atoms with van der Waals surface area (Å²) in [7, 11) is 0. The standard InChI is InChI=1S/C9H8N4O5/c14-5-1-4(2-6(15)8(5)18)9-10-12-13(11-9)3-7(16)17/h1-2,14-15,18H,3H2,(H,16,17). The zero-order valence-corrected chi connectivity index (χ0v) is 8.85. The number of carboxylic acids is 1. The SMILES string of the molecule is O=C(O)Cn1nnc(-c2cc(O)c(O)c(O)c2)n1. The van der Waals surface area contributed by atoms with Gasteiger partial charge in [-0.1, -0.05) is 0 Å². The van der Waals surface area contributed by atoms with Gasteiger partial charge in [-0.05, 0) is 17.3 Å². The van der Waals surface area contributed by atoms with E-state index < -0.39 is 29.8 Å². The Bertz CT molecular complexity index is 586. The van der Waals surface area contributed by atoms with Gasteiger partial charge in [0.2, 0.25) is 5.82 Å². The molecular formula is C9H8N4O5. The molecule has 9 heteroatoms. The lowest BCUT2D eigenvalue weighted by Gasteiger charge is -2.02. The van der Waals surface area contributed by atoms with Crippen molar-refractivity contribution in [1.82, 2.24) is 20.2 Å². The predicted molar refractivity (Wildman–Crippen MR) is 55.9 cm³/mol. The van der Waals surface area contributed by atoms with Crippen molar-refractivity contribution in [3.63, 3.8) is 0 Å². The van der Waals surface area contributed by atoms with E-state index in [0.29, 0.717) is 0 Å². The summed E-state index contributed by atoms with van der Waals surface area (Å²) in [6.45, 7) is -0.455. The molecule has 0 unspecified atom stereocenters. The highest BCUT2D eigenvalue weighted by Gasteiger charge is 2.13.